The number of hydrogen-bond donors (Lipinski definition) is 1. The highest BCUT2D eigenvalue weighted by atomic mass is 35.5. The number of carbonyl (C=O) groups is 2. The van der Waals surface area contributed by atoms with Gasteiger partial charge in [-0.2, -0.15) is 0 Å². The largest absolute Gasteiger partial charge is 1.00 e. The van der Waals surface area contributed by atoms with Crippen LogP contribution in [0.25, 0.3) is 16.8 Å². The second kappa shape index (κ2) is 8.07. The van der Waals surface area contributed by atoms with E-state index in [1.54, 1.807) is 6.92 Å². The summed E-state index contributed by atoms with van der Waals surface area (Å²) in [5, 5.41) is 5.00. The second-order valence-corrected chi connectivity index (χ2v) is 7.60. The Kier molecular flexibility index (Phi) is 6.24. The molecule has 0 atom stereocenters. The van der Waals surface area contributed by atoms with Gasteiger partial charge in [-0.15, -0.1) is 0 Å². The minimum Gasteiger partial charge on any atom is -1.00 e. The van der Waals surface area contributed by atoms with E-state index in [1.807, 2.05) is 36.4 Å². The molecule has 0 fully saturated rings. The Morgan fingerprint density at radius 1 is 1.15 bits per heavy atom. The predicted molar refractivity (Wildman–Crippen MR) is 106 cm³/mol. The van der Waals surface area contributed by atoms with Gasteiger partial charge in [-0.05, 0) is 23.9 Å². The highest BCUT2D eigenvalue weighted by Gasteiger charge is 2.27. The van der Waals surface area contributed by atoms with Gasteiger partial charge in [0, 0.05) is 16.5 Å². The molecule has 2 aromatic carbocycles. The lowest BCUT2D eigenvalue weighted by atomic mass is 9.87. The van der Waals surface area contributed by atoms with Crippen LogP contribution in [0.15, 0.2) is 54.1 Å². The lowest BCUT2D eigenvalue weighted by Gasteiger charge is -2.31. The molecule has 4 nitrogen and oxygen atoms in total. The van der Waals surface area contributed by atoms with Crippen molar-refractivity contribution in [2.75, 3.05) is 33.7 Å². The summed E-state index contributed by atoms with van der Waals surface area (Å²) in [4.78, 5) is 24.6. The molecule has 5 heteroatoms. The van der Waals surface area contributed by atoms with Crippen LogP contribution < -0.4 is 17.7 Å². The minimum atomic E-state index is -0.126. The van der Waals surface area contributed by atoms with Crippen LogP contribution in [0.4, 0.5) is 0 Å². The van der Waals surface area contributed by atoms with E-state index >= 15 is 0 Å². The number of benzene rings is 2. The number of halogens is 1. The van der Waals surface area contributed by atoms with Crippen molar-refractivity contribution in [1.29, 1.82) is 0 Å². The van der Waals surface area contributed by atoms with E-state index < -0.39 is 0 Å². The first-order chi connectivity index (χ1) is 12.3. The Bertz CT molecular complexity index is 939. The molecule has 0 aromatic heterocycles. The number of amides is 1. The van der Waals surface area contributed by atoms with Crippen LogP contribution in [-0.4, -0.2) is 49.9 Å². The first-order valence-corrected chi connectivity index (χ1v) is 8.81. The number of likely N-dealkylation sites (N-methyl/N-ethyl adjacent to an activating group) is 1. The number of ketones is 1. The van der Waals surface area contributed by atoms with Crippen molar-refractivity contribution in [2.24, 2.45) is 0 Å². The summed E-state index contributed by atoms with van der Waals surface area (Å²) in [5.41, 5.74) is 3.20. The normalized spacial score (nSPS) is 13.0. The molecule has 142 valence electrons. The number of nitrogens with one attached hydrogen (secondary N) is 1. The first kappa shape index (κ1) is 20.9. The van der Waals surface area contributed by atoms with Gasteiger partial charge in [0.05, 0.1) is 32.8 Å². The maximum atomic E-state index is 13.0. The van der Waals surface area contributed by atoms with Gasteiger partial charge in [0.25, 0.3) is 0 Å². The Labute approximate surface area is 166 Å². The van der Waals surface area contributed by atoms with Crippen molar-refractivity contribution >= 4 is 28.5 Å². The fraction of sp³-hybridized carbons (Fsp3) is 0.273. The summed E-state index contributed by atoms with van der Waals surface area (Å²) >= 11 is 0. The fourth-order valence-electron chi connectivity index (χ4n) is 3.39. The van der Waals surface area contributed by atoms with Gasteiger partial charge < -0.3 is 22.2 Å². The van der Waals surface area contributed by atoms with Crippen molar-refractivity contribution < 1.29 is 26.5 Å². The molecular weight excluding hydrogens is 360 g/mol. The maximum Gasteiger partial charge on any atom is 0.246 e. The van der Waals surface area contributed by atoms with Crippen molar-refractivity contribution in [2.45, 2.75) is 6.92 Å². The zero-order chi connectivity index (χ0) is 18.9. The Morgan fingerprint density at radius 2 is 1.81 bits per heavy atom. The summed E-state index contributed by atoms with van der Waals surface area (Å²) in [5.74, 6) is -0.0231. The van der Waals surface area contributed by atoms with Gasteiger partial charge >= 0.3 is 0 Å². The minimum absolute atomic E-state index is 0. The smallest absolute Gasteiger partial charge is 0.246 e. The fourth-order valence-corrected chi connectivity index (χ4v) is 3.39. The summed E-state index contributed by atoms with van der Waals surface area (Å²) in [6.45, 7) is 7.23. The molecule has 0 aliphatic heterocycles. The summed E-state index contributed by atoms with van der Waals surface area (Å²) in [6.07, 6.45) is 2.02. The van der Waals surface area contributed by atoms with Crippen LogP contribution in [0.3, 0.4) is 0 Å². The second-order valence-electron chi connectivity index (χ2n) is 7.60. The molecular formula is C22H25ClN2O2. The molecule has 0 unspecified atom stereocenters. The van der Waals surface area contributed by atoms with Crippen molar-refractivity contribution in [1.82, 2.24) is 5.32 Å². The van der Waals surface area contributed by atoms with Crippen LogP contribution in [0.5, 0.6) is 0 Å². The van der Waals surface area contributed by atoms with E-state index in [1.165, 1.54) is 0 Å². The van der Waals surface area contributed by atoms with E-state index in [0.29, 0.717) is 23.1 Å². The van der Waals surface area contributed by atoms with Gasteiger partial charge in [0.1, 0.15) is 6.54 Å². The third-order valence-electron chi connectivity index (χ3n) is 4.79. The van der Waals surface area contributed by atoms with Gasteiger partial charge in [-0.1, -0.05) is 43.0 Å². The third-order valence-corrected chi connectivity index (χ3v) is 4.79. The van der Waals surface area contributed by atoms with E-state index in [9.17, 15) is 9.59 Å². The molecule has 27 heavy (non-hydrogen) atoms. The van der Waals surface area contributed by atoms with Gasteiger partial charge in [0.15, 0.2) is 5.78 Å². The summed E-state index contributed by atoms with van der Waals surface area (Å²) < 4.78 is 0.617. The number of rotatable bonds is 6. The highest BCUT2D eigenvalue weighted by molar-refractivity contribution is 6.22. The van der Waals surface area contributed by atoms with Crippen molar-refractivity contribution in [3.05, 3.63) is 65.3 Å². The molecule has 1 aliphatic rings. The van der Waals surface area contributed by atoms with Crippen LogP contribution in [0, 0.1) is 0 Å². The molecule has 1 amide bonds. The van der Waals surface area contributed by atoms with E-state index in [2.05, 4.69) is 32.1 Å². The summed E-state index contributed by atoms with van der Waals surface area (Å²) in [6, 6.07) is 12.0. The Hall–Kier alpha value is -2.43. The lowest BCUT2D eigenvalue weighted by molar-refractivity contribution is -0.883. The first-order valence-electron chi connectivity index (χ1n) is 8.81. The molecule has 0 heterocycles. The van der Waals surface area contributed by atoms with Crippen LogP contribution in [0.2, 0.25) is 0 Å². The molecule has 1 aliphatic carbocycles. The van der Waals surface area contributed by atoms with Crippen LogP contribution in [0.1, 0.15) is 22.8 Å². The van der Waals surface area contributed by atoms with Gasteiger partial charge in [-0.25, -0.2) is 0 Å². The molecule has 2 aromatic rings. The monoisotopic (exact) mass is 384 g/mol. The number of hydrogen-bond acceptors (Lipinski definition) is 2. The van der Waals surface area contributed by atoms with Crippen molar-refractivity contribution in [3.8, 4) is 0 Å². The maximum absolute atomic E-state index is 13.0. The SMILES string of the molecule is C=C(C)C(=O)NCC[N+](C)(C)CC1=Cc2cccc3cccc(c23)C1=O.[Cl-]. The average Bonchev–Trinajstić information content (AvgIpc) is 2.58. The van der Waals surface area contributed by atoms with E-state index in [4.69, 9.17) is 0 Å². The number of quaternary nitrogens is 1. The lowest BCUT2D eigenvalue weighted by Crippen LogP contribution is -3.00. The van der Waals surface area contributed by atoms with Crippen LogP contribution in [-0.2, 0) is 4.79 Å². The number of nitrogens with zero attached hydrogens (tertiary/aromatic N) is 1. The molecule has 0 bridgehead atoms. The Morgan fingerprint density at radius 3 is 2.48 bits per heavy atom. The topological polar surface area (TPSA) is 46.2 Å². The number of carbonyl (C=O) groups excluding carboxylic acids is 2. The highest BCUT2D eigenvalue weighted by Crippen LogP contribution is 2.31. The predicted octanol–water partition coefficient (Wildman–Crippen LogP) is 0.192. The Balaban J connectivity index is 0.00000261. The molecule has 3 rings (SSSR count). The molecule has 0 spiro atoms. The molecule has 1 N–H and O–H groups in total. The summed E-state index contributed by atoms with van der Waals surface area (Å²) in [7, 11) is 4.14. The zero-order valence-electron chi connectivity index (χ0n) is 16.0. The zero-order valence-corrected chi connectivity index (χ0v) is 16.8. The standard InChI is InChI=1S/C22H24N2O2.ClH/c1-15(2)22(26)23-11-12-24(3,4)14-18-13-17-9-5-7-16-8-6-10-19(20(16)17)21(18)25;/h5-10,13H,1,11-12,14H2,2-4H3;1H. The van der Waals surface area contributed by atoms with E-state index in [0.717, 1.165) is 34.0 Å². The van der Waals surface area contributed by atoms with Crippen LogP contribution >= 0.6 is 0 Å². The van der Waals surface area contributed by atoms with Crippen molar-refractivity contribution in [3.63, 3.8) is 0 Å². The van der Waals surface area contributed by atoms with E-state index in [-0.39, 0.29) is 24.1 Å². The molecule has 0 saturated heterocycles. The van der Waals surface area contributed by atoms with Gasteiger partial charge in [0.2, 0.25) is 5.91 Å². The average molecular weight is 385 g/mol. The molecule has 0 saturated carbocycles. The number of Topliss-reactive ketones (excluding diaryl/α,β-unsaturated/α-hetero) is 1. The molecule has 0 radical (unpaired) electrons. The third kappa shape index (κ3) is 4.46. The quantitative estimate of drug-likeness (QED) is 0.571. The van der Waals surface area contributed by atoms with Gasteiger partial charge in [-0.3, -0.25) is 9.59 Å².